The van der Waals surface area contributed by atoms with Gasteiger partial charge in [0.1, 0.15) is 10.5 Å². The Morgan fingerprint density at radius 3 is 2.88 bits per heavy atom. The van der Waals surface area contributed by atoms with Crippen LogP contribution in [-0.2, 0) is 0 Å². The molecule has 0 N–H and O–H groups in total. The van der Waals surface area contributed by atoms with E-state index in [1.54, 1.807) is 11.3 Å². The van der Waals surface area contributed by atoms with Gasteiger partial charge >= 0.3 is 0 Å². The van der Waals surface area contributed by atoms with Crippen LogP contribution in [0.2, 0.25) is 0 Å². The molecule has 3 rings (SSSR count). The average molecular weight is 230 g/mol. The second-order valence-corrected chi connectivity index (χ2v) is 4.90. The predicted molar refractivity (Wildman–Crippen MR) is 64.6 cm³/mol. The third kappa shape index (κ3) is 1.42. The minimum atomic E-state index is 0.808. The molecular formula is C12H10N2OS. The van der Waals surface area contributed by atoms with Crippen LogP contribution in [0.25, 0.3) is 21.7 Å². The number of aromatic nitrogens is 2. The zero-order valence-electron chi connectivity index (χ0n) is 9.02. The third-order valence-electron chi connectivity index (χ3n) is 2.61. The van der Waals surface area contributed by atoms with Gasteiger partial charge in [-0.2, -0.15) is 0 Å². The van der Waals surface area contributed by atoms with Crippen molar-refractivity contribution in [3.8, 4) is 10.6 Å². The van der Waals surface area contributed by atoms with E-state index in [0.29, 0.717) is 0 Å². The molecule has 0 fully saturated rings. The molecule has 0 aliphatic heterocycles. The molecule has 2 aromatic heterocycles. The Balaban J connectivity index is 2.17. The van der Waals surface area contributed by atoms with Crippen molar-refractivity contribution in [2.75, 3.05) is 0 Å². The topological polar surface area (TPSA) is 38.9 Å². The first-order chi connectivity index (χ1) is 7.74. The van der Waals surface area contributed by atoms with Crippen LogP contribution in [0.1, 0.15) is 10.6 Å². The number of aryl methyl sites for hydroxylation is 2. The summed E-state index contributed by atoms with van der Waals surface area (Å²) < 4.78 is 5.28. The summed E-state index contributed by atoms with van der Waals surface area (Å²) in [4.78, 5) is 9.88. The lowest BCUT2D eigenvalue weighted by Crippen LogP contribution is -1.77. The zero-order chi connectivity index (χ0) is 11.1. The smallest absolute Gasteiger partial charge is 0.181 e. The fourth-order valence-electron chi connectivity index (χ4n) is 1.58. The molecule has 1 aromatic carbocycles. The number of nitrogens with zero attached hydrogens (tertiary/aromatic N) is 2. The molecule has 0 bridgehead atoms. The SMILES string of the molecule is Cc1nc(-c2ccc3ncoc3c2)sc1C. The summed E-state index contributed by atoms with van der Waals surface area (Å²) >= 11 is 1.71. The lowest BCUT2D eigenvalue weighted by molar-refractivity contribution is 0.602. The molecule has 2 heterocycles. The lowest BCUT2D eigenvalue weighted by atomic mass is 10.2. The van der Waals surface area contributed by atoms with Crippen LogP contribution in [-0.4, -0.2) is 9.97 Å². The first kappa shape index (κ1) is 9.54. The van der Waals surface area contributed by atoms with Crippen molar-refractivity contribution in [2.45, 2.75) is 13.8 Å². The van der Waals surface area contributed by atoms with E-state index in [4.69, 9.17) is 4.42 Å². The summed E-state index contributed by atoms with van der Waals surface area (Å²) in [6, 6.07) is 5.98. The van der Waals surface area contributed by atoms with Crippen molar-refractivity contribution < 1.29 is 4.42 Å². The van der Waals surface area contributed by atoms with E-state index in [0.717, 1.165) is 27.4 Å². The summed E-state index contributed by atoms with van der Waals surface area (Å²) in [5, 5.41) is 1.04. The molecule has 80 valence electrons. The summed E-state index contributed by atoms with van der Waals surface area (Å²) in [7, 11) is 0. The Hall–Kier alpha value is -1.68. The van der Waals surface area contributed by atoms with Gasteiger partial charge in [-0.1, -0.05) is 0 Å². The van der Waals surface area contributed by atoms with Crippen LogP contribution in [0.4, 0.5) is 0 Å². The minimum absolute atomic E-state index is 0.808. The number of oxazole rings is 1. The molecule has 0 aliphatic carbocycles. The lowest BCUT2D eigenvalue weighted by Gasteiger charge is -1.94. The van der Waals surface area contributed by atoms with E-state index in [1.807, 2.05) is 25.1 Å². The largest absolute Gasteiger partial charge is 0.443 e. The van der Waals surface area contributed by atoms with Gasteiger partial charge in [-0.15, -0.1) is 11.3 Å². The van der Waals surface area contributed by atoms with Gasteiger partial charge < -0.3 is 4.42 Å². The average Bonchev–Trinajstić information content (AvgIpc) is 2.85. The summed E-state index contributed by atoms with van der Waals surface area (Å²) in [6.45, 7) is 4.12. The standard InChI is InChI=1S/C12H10N2OS/c1-7-8(2)16-12(14-7)9-3-4-10-11(5-9)15-6-13-10/h3-6H,1-2H3. The zero-order valence-corrected chi connectivity index (χ0v) is 9.84. The number of rotatable bonds is 1. The number of fused-ring (bicyclic) bond motifs is 1. The van der Waals surface area contributed by atoms with Crippen molar-refractivity contribution >= 4 is 22.4 Å². The van der Waals surface area contributed by atoms with E-state index in [2.05, 4.69) is 16.9 Å². The summed E-state index contributed by atoms with van der Waals surface area (Å²) in [5.74, 6) is 0. The highest BCUT2D eigenvalue weighted by molar-refractivity contribution is 7.15. The molecule has 0 saturated carbocycles. The van der Waals surface area contributed by atoms with Gasteiger partial charge in [-0.25, -0.2) is 9.97 Å². The highest BCUT2D eigenvalue weighted by atomic mass is 32.1. The fourth-order valence-corrected chi connectivity index (χ4v) is 2.50. The Labute approximate surface area is 96.8 Å². The van der Waals surface area contributed by atoms with Crippen LogP contribution in [0, 0.1) is 13.8 Å². The van der Waals surface area contributed by atoms with Gasteiger partial charge in [0, 0.05) is 10.4 Å². The second kappa shape index (κ2) is 3.42. The van der Waals surface area contributed by atoms with Gasteiger partial charge in [0.25, 0.3) is 0 Å². The number of hydrogen-bond donors (Lipinski definition) is 0. The van der Waals surface area contributed by atoms with E-state index in [-0.39, 0.29) is 0 Å². The van der Waals surface area contributed by atoms with Crippen LogP contribution in [0.15, 0.2) is 29.0 Å². The summed E-state index contributed by atoms with van der Waals surface area (Å²) in [6.07, 6.45) is 1.47. The van der Waals surface area contributed by atoms with E-state index in [1.165, 1.54) is 11.3 Å². The molecular weight excluding hydrogens is 220 g/mol. The quantitative estimate of drug-likeness (QED) is 0.641. The predicted octanol–water partition coefficient (Wildman–Crippen LogP) is 3.57. The van der Waals surface area contributed by atoms with Crippen LogP contribution in [0.3, 0.4) is 0 Å². The maximum Gasteiger partial charge on any atom is 0.181 e. The Bertz CT molecular complexity index is 634. The highest BCUT2D eigenvalue weighted by Crippen LogP contribution is 2.29. The third-order valence-corrected chi connectivity index (χ3v) is 3.73. The second-order valence-electron chi connectivity index (χ2n) is 3.70. The van der Waals surface area contributed by atoms with Gasteiger partial charge in [-0.3, -0.25) is 0 Å². The first-order valence-electron chi connectivity index (χ1n) is 5.02. The van der Waals surface area contributed by atoms with Crippen molar-refractivity contribution in [1.82, 2.24) is 9.97 Å². The van der Waals surface area contributed by atoms with E-state index < -0.39 is 0 Å². The molecule has 0 atom stereocenters. The molecule has 0 radical (unpaired) electrons. The van der Waals surface area contributed by atoms with Crippen molar-refractivity contribution in [3.05, 3.63) is 35.2 Å². The highest BCUT2D eigenvalue weighted by Gasteiger charge is 2.08. The van der Waals surface area contributed by atoms with Gasteiger partial charge in [0.2, 0.25) is 0 Å². The van der Waals surface area contributed by atoms with Gasteiger partial charge in [-0.05, 0) is 32.0 Å². The molecule has 0 spiro atoms. The molecule has 16 heavy (non-hydrogen) atoms. The Kier molecular flexibility index (Phi) is 2.04. The molecule has 3 nitrogen and oxygen atoms in total. The van der Waals surface area contributed by atoms with Gasteiger partial charge in [0.15, 0.2) is 12.0 Å². The molecule has 4 heteroatoms. The molecule has 0 unspecified atom stereocenters. The van der Waals surface area contributed by atoms with Crippen LogP contribution < -0.4 is 0 Å². The minimum Gasteiger partial charge on any atom is -0.443 e. The number of thiazole rings is 1. The van der Waals surface area contributed by atoms with E-state index in [9.17, 15) is 0 Å². The van der Waals surface area contributed by atoms with Crippen molar-refractivity contribution in [1.29, 1.82) is 0 Å². The maximum absolute atomic E-state index is 5.28. The van der Waals surface area contributed by atoms with Crippen LogP contribution in [0.5, 0.6) is 0 Å². The van der Waals surface area contributed by atoms with Gasteiger partial charge in [0.05, 0.1) is 5.69 Å². The normalized spacial score (nSPS) is 11.1. The fraction of sp³-hybridized carbons (Fsp3) is 0.167. The Morgan fingerprint density at radius 1 is 1.25 bits per heavy atom. The number of hydrogen-bond acceptors (Lipinski definition) is 4. The number of benzene rings is 1. The molecule has 0 amide bonds. The van der Waals surface area contributed by atoms with Crippen molar-refractivity contribution in [3.63, 3.8) is 0 Å². The molecule has 3 aromatic rings. The Morgan fingerprint density at radius 2 is 2.12 bits per heavy atom. The van der Waals surface area contributed by atoms with Crippen molar-refractivity contribution in [2.24, 2.45) is 0 Å². The maximum atomic E-state index is 5.28. The van der Waals surface area contributed by atoms with Crippen LogP contribution >= 0.6 is 11.3 Å². The van der Waals surface area contributed by atoms with E-state index >= 15 is 0 Å². The first-order valence-corrected chi connectivity index (χ1v) is 5.83. The molecule has 0 aliphatic rings. The molecule has 0 saturated heterocycles. The monoisotopic (exact) mass is 230 g/mol. The summed E-state index contributed by atoms with van der Waals surface area (Å²) in [5.41, 5.74) is 3.87.